The molecule has 2 N–H and O–H groups in total. The molecular weight excluding hydrogens is 566 g/mol. The smallest absolute Gasteiger partial charge is 0.321 e. The number of quaternary nitrogens is 1. The van der Waals surface area contributed by atoms with E-state index < -0.39 is 5.60 Å². The number of aliphatic hydroxyl groups is 1. The lowest BCUT2D eigenvalue weighted by Crippen LogP contribution is -2.52. The first-order valence-electron chi connectivity index (χ1n) is 16.8. The van der Waals surface area contributed by atoms with Crippen molar-refractivity contribution in [2.45, 2.75) is 102 Å². The second kappa shape index (κ2) is 13.5. The van der Waals surface area contributed by atoms with Gasteiger partial charge >= 0.3 is 5.91 Å². The van der Waals surface area contributed by atoms with Gasteiger partial charge in [-0.3, -0.25) is 0 Å². The number of phenolic OH excluding ortho intramolecular Hbond substituents is 1. The number of carbonyl (C=O) groups excluding carboxylic acids is 1. The summed E-state index contributed by atoms with van der Waals surface area (Å²) >= 11 is 1.76. The number of aryl methyl sites for hydroxylation is 1. The standard InChI is InChI=1S/C38H51NO4S/c1-6-8-22-39(5,27(3)40)44-24-11-9-10-23-43-31-16-12-28(13-17-31)34-26-37(4)35(20-21-38(37,42)7-2)33-18-14-29-25-30(41)15-19-32(29)36(33)34/h2,12-13,15-17,19,25,33-36,42H,6,8-11,14,18,20-24,26H2,1,3-5H3/p+1/t33?,34-,35?,36?,37+,38+,39?/m1/s1. The summed E-state index contributed by atoms with van der Waals surface area (Å²) in [5, 5.41) is 21.9. The molecule has 3 aliphatic rings. The lowest BCUT2D eigenvalue weighted by atomic mass is 9.49. The second-order valence-corrected chi connectivity index (χ2v) is 15.5. The Morgan fingerprint density at radius 2 is 1.91 bits per heavy atom. The maximum absolute atomic E-state index is 12.2. The summed E-state index contributed by atoms with van der Waals surface area (Å²) in [6, 6.07) is 14.6. The quantitative estimate of drug-likeness (QED) is 0.109. The molecule has 6 heteroatoms. The topological polar surface area (TPSA) is 66.8 Å². The van der Waals surface area contributed by atoms with Crippen LogP contribution < -0.4 is 4.74 Å². The Hall–Kier alpha value is -2.46. The number of aromatic hydroxyl groups is 1. The molecule has 0 heterocycles. The minimum absolute atomic E-state index is 0.228. The molecule has 0 bridgehead atoms. The minimum Gasteiger partial charge on any atom is -0.508 e. The number of fused-ring (bicyclic) bond motifs is 5. The fourth-order valence-electron chi connectivity index (χ4n) is 8.68. The van der Waals surface area contributed by atoms with E-state index in [1.54, 1.807) is 18.9 Å². The number of carbonyl (C=O) groups is 1. The van der Waals surface area contributed by atoms with Crippen molar-refractivity contribution < 1.29 is 23.6 Å². The molecule has 4 unspecified atom stereocenters. The van der Waals surface area contributed by atoms with E-state index in [1.165, 1.54) is 16.7 Å². The summed E-state index contributed by atoms with van der Waals surface area (Å²) in [7, 11) is 2.04. The highest BCUT2D eigenvalue weighted by atomic mass is 32.2. The van der Waals surface area contributed by atoms with Gasteiger partial charge in [0.05, 0.1) is 39.1 Å². The maximum Gasteiger partial charge on any atom is 0.321 e. The molecule has 0 aromatic heterocycles. The van der Waals surface area contributed by atoms with E-state index in [0.717, 1.165) is 75.8 Å². The number of benzene rings is 2. The van der Waals surface area contributed by atoms with Crippen LogP contribution in [0.4, 0.5) is 0 Å². The van der Waals surface area contributed by atoms with Gasteiger partial charge in [0.1, 0.15) is 17.1 Å². The lowest BCUT2D eigenvalue weighted by Gasteiger charge is -2.55. The molecule has 238 valence electrons. The Bertz CT molecular complexity index is 1350. The van der Waals surface area contributed by atoms with Crippen molar-refractivity contribution in [1.29, 1.82) is 0 Å². The highest BCUT2D eigenvalue weighted by Gasteiger charge is 2.63. The second-order valence-electron chi connectivity index (χ2n) is 14.0. The zero-order chi connectivity index (χ0) is 31.5. The average Bonchev–Trinajstić information content (AvgIpc) is 3.29. The number of ether oxygens (including phenoxy) is 1. The van der Waals surface area contributed by atoms with Crippen LogP contribution in [0.25, 0.3) is 0 Å². The van der Waals surface area contributed by atoms with Crippen molar-refractivity contribution in [2.75, 3.05) is 26.0 Å². The van der Waals surface area contributed by atoms with E-state index in [1.807, 2.05) is 19.2 Å². The highest BCUT2D eigenvalue weighted by molar-refractivity contribution is 7.94. The number of nitrogens with zero attached hydrogens (tertiary/aromatic N) is 1. The summed E-state index contributed by atoms with van der Waals surface area (Å²) in [6.45, 7) is 7.69. The van der Waals surface area contributed by atoms with Crippen molar-refractivity contribution in [3.05, 3.63) is 59.2 Å². The number of terminal acetylenes is 1. The van der Waals surface area contributed by atoms with Crippen molar-refractivity contribution in [1.82, 2.24) is 0 Å². The summed E-state index contributed by atoms with van der Waals surface area (Å²) in [4.78, 5) is 12.2. The molecule has 2 aromatic rings. The van der Waals surface area contributed by atoms with E-state index in [2.05, 4.69) is 50.1 Å². The SMILES string of the molecule is C#C[C@]1(O)CCC2C3CCc4cc(O)ccc4C3[C@@H](c3ccc(OCCCCCS[N+](C)(CCCC)C(C)=O)cc3)C[C@@]21C. The van der Waals surface area contributed by atoms with Gasteiger partial charge in [0.15, 0.2) is 0 Å². The summed E-state index contributed by atoms with van der Waals surface area (Å²) in [5.41, 5.74) is 2.48. The van der Waals surface area contributed by atoms with Gasteiger partial charge in [0.25, 0.3) is 0 Å². The van der Waals surface area contributed by atoms with Gasteiger partial charge in [-0.25, -0.2) is 8.68 Å². The van der Waals surface area contributed by atoms with Gasteiger partial charge in [-0.15, -0.1) is 6.42 Å². The number of phenols is 1. The molecule has 2 fully saturated rings. The van der Waals surface area contributed by atoms with Crippen LogP contribution in [0.2, 0.25) is 0 Å². The molecule has 0 spiro atoms. The number of hydrogen-bond donors (Lipinski definition) is 2. The molecule has 5 nitrogen and oxygen atoms in total. The van der Waals surface area contributed by atoms with Crippen LogP contribution in [-0.4, -0.2) is 51.6 Å². The van der Waals surface area contributed by atoms with Crippen LogP contribution in [-0.2, 0) is 11.2 Å². The Morgan fingerprint density at radius 3 is 2.61 bits per heavy atom. The number of unbranched alkanes of at least 4 members (excludes halogenated alkanes) is 3. The maximum atomic E-state index is 12.2. The van der Waals surface area contributed by atoms with Crippen LogP contribution in [0, 0.1) is 29.6 Å². The van der Waals surface area contributed by atoms with Gasteiger partial charge < -0.3 is 14.9 Å². The van der Waals surface area contributed by atoms with Gasteiger partial charge in [0.2, 0.25) is 0 Å². The van der Waals surface area contributed by atoms with Gasteiger partial charge in [-0.2, -0.15) is 0 Å². The zero-order valence-electron chi connectivity index (χ0n) is 27.2. The Balaban J connectivity index is 1.22. The molecule has 1 amide bonds. The van der Waals surface area contributed by atoms with Crippen LogP contribution in [0.1, 0.15) is 107 Å². The average molecular weight is 619 g/mol. The van der Waals surface area contributed by atoms with E-state index in [9.17, 15) is 15.0 Å². The Labute approximate surface area is 269 Å². The van der Waals surface area contributed by atoms with E-state index in [-0.39, 0.29) is 17.2 Å². The molecule has 0 aliphatic heterocycles. The lowest BCUT2D eigenvalue weighted by molar-refractivity contribution is -0.692. The van der Waals surface area contributed by atoms with Crippen molar-refractivity contribution in [3.63, 3.8) is 0 Å². The number of amides is 1. The summed E-state index contributed by atoms with van der Waals surface area (Å²) in [6.07, 6.45) is 15.8. The van der Waals surface area contributed by atoms with Crippen molar-refractivity contribution in [2.24, 2.45) is 17.3 Å². The van der Waals surface area contributed by atoms with Gasteiger partial charge in [0, 0.05) is 11.2 Å². The Kier molecular flexibility index (Phi) is 10.1. The van der Waals surface area contributed by atoms with Gasteiger partial charge in [-0.1, -0.05) is 44.4 Å². The van der Waals surface area contributed by atoms with Crippen LogP contribution in [0.5, 0.6) is 11.5 Å². The monoisotopic (exact) mass is 618 g/mol. The normalized spacial score (nSPS) is 30.4. The third kappa shape index (κ3) is 6.30. The first kappa shape index (κ1) is 32.9. The van der Waals surface area contributed by atoms with Crippen molar-refractivity contribution in [3.8, 4) is 23.8 Å². The molecule has 7 atom stereocenters. The third-order valence-electron chi connectivity index (χ3n) is 11.5. The van der Waals surface area contributed by atoms with Gasteiger partial charge in [-0.05, 0) is 122 Å². The predicted molar refractivity (Wildman–Crippen MR) is 180 cm³/mol. The third-order valence-corrected chi connectivity index (χ3v) is 12.9. The predicted octanol–water partition coefficient (Wildman–Crippen LogP) is 8.00. The summed E-state index contributed by atoms with van der Waals surface area (Å²) < 4.78 is 6.61. The van der Waals surface area contributed by atoms with Crippen LogP contribution in [0.15, 0.2) is 42.5 Å². The molecule has 2 saturated carbocycles. The van der Waals surface area contributed by atoms with Crippen LogP contribution in [0.3, 0.4) is 0 Å². The van der Waals surface area contributed by atoms with E-state index >= 15 is 0 Å². The highest BCUT2D eigenvalue weighted by Crippen LogP contribution is 2.67. The van der Waals surface area contributed by atoms with Crippen LogP contribution >= 0.6 is 11.9 Å². The molecule has 5 rings (SSSR count). The molecule has 0 saturated heterocycles. The Morgan fingerprint density at radius 1 is 1.14 bits per heavy atom. The first-order chi connectivity index (χ1) is 21.0. The number of hydrogen-bond acceptors (Lipinski definition) is 5. The molecule has 3 aliphatic carbocycles. The van der Waals surface area contributed by atoms with E-state index in [4.69, 9.17) is 11.2 Å². The summed E-state index contributed by atoms with van der Waals surface area (Å²) in [5.74, 6) is 6.67. The fraction of sp³-hybridized carbons (Fsp3) is 0.605. The molecule has 0 radical (unpaired) electrons. The molecular formula is C38H52NO4S+. The largest absolute Gasteiger partial charge is 0.508 e. The first-order valence-corrected chi connectivity index (χ1v) is 17.8. The molecule has 44 heavy (non-hydrogen) atoms. The molecule has 2 aromatic carbocycles. The van der Waals surface area contributed by atoms with E-state index in [0.29, 0.717) is 40.4 Å². The minimum atomic E-state index is -1.07. The number of rotatable bonds is 12. The fourth-order valence-corrected chi connectivity index (χ4v) is 9.86. The zero-order valence-corrected chi connectivity index (χ0v) is 28.0. The van der Waals surface area contributed by atoms with Crippen molar-refractivity contribution >= 4 is 17.9 Å².